The second kappa shape index (κ2) is 13.5. The van der Waals surface area contributed by atoms with Crippen LogP contribution in [0.25, 0.3) is 0 Å². The first-order chi connectivity index (χ1) is 13.7. The molecule has 0 bridgehead atoms. The fourth-order valence-electron chi connectivity index (χ4n) is 3.90. The van der Waals surface area contributed by atoms with E-state index in [-0.39, 0.29) is 7.43 Å². The molecule has 29 heavy (non-hydrogen) atoms. The Morgan fingerprint density at radius 3 is 1.62 bits per heavy atom. The van der Waals surface area contributed by atoms with Crippen molar-refractivity contribution in [3.63, 3.8) is 0 Å². The van der Waals surface area contributed by atoms with Crippen LogP contribution in [0.15, 0.2) is 66.7 Å². The minimum Gasteiger partial charge on any atom is -0.210 e. The van der Waals surface area contributed by atoms with E-state index in [2.05, 4.69) is 36.4 Å². The van der Waals surface area contributed by atoms with E-state index in [0.29, 0.717) is 0 Å². The maximum absolute atomic E-state index is 5.74. The van der Waals surface area contributed by atoms with E-state index in [1.165, 1.54) is 51.4 Å². The first-order valence-electron chi connectivity index (χ1n) is 10.3. The van der Waals surface area contributed by atoms with Crippen LogP contribution in [-0.4, -0.2) is 3.76 Å². The predicted molar refractivity (Wildman–Crippen MR) is 127 cm³/mol. The van der Waals surface area contributed by atoms with Crippen LogP contribution in [0.4, 0.5) is 0 Å². The zero-order valence-electron chi connectivity index (χ0n) is 17.3. The first kappa shape index (κ1) is 24.5. The van der Waals surface area contributed by atoms with Crippen LogP contribution >= 0.6 is 17.2 Å². The summed E-state index contributed by atoms with van der Waals surface area (Å²) in [4.78, 5) is 0. The van der Waals surface area contributed by atoms with Crippen molar-refractivity contribution in [2.75, 3.05) is 0 Å². The van der Waals surface area contributed by atoms with Gasteiger partial charge >= 0.3 is 75.4 Å². The van der Waals surface area contributed by atoms with E-state index < -0.39 is 18.6 Å². The van der Waals surface area contributed by atoms with E-state index in [1.54, 1.807) is 22.3 Å². The van der Waals surface area contributed by atoms with E-state index in [4.69, 9.17) is 17.2 Å². The molecule has 0 amide bonds. The van der Waals surface area contributed by atoms with Crippen LogP contribution in [0.2, 0.25) is 0 Å². The summed E-state index contributed by atoms with van der Waals surface area (Å²) in [6, 6.07) is 23.3. The molecule has 0 aromatic heterocycles. The van der Waals surface area contributed by atoms with Crippen molar-refractivity contribution in [1.29, 1.82) is 0 Å². The Balaban J connectivity index is 0.000000153. The average Bonchev–Trinajstić information content (AvgIpc) is 3.38. The van der Waals surface area contributed by atoms with Gasteiger partial charge in [-0.25, -0.2) is 12.1 Å². The third kappa shape index (κ3) is 8.48. The number of rotatable bonds is 1. The van der Waals surface area contributed by atoms with E-state index in [1.807, 2.05) is 34.1 Å². The van der Waals surface area contributed by atoms with Crippen molar-refractivity contribution < 1.29 is 18.6 Å². The van der Waals surface area contributed by atoms with Gasteiger partial charge in [-0.1, -0.05) is 51.4 Å². The second-order valence-corrected chi connectivity index (χ2v) is 18.8. The summed E-state index contributed by atoms with van der Waals surface area (Å²) >= 11 is -2.20. The van der Waals surface area contributed by atoms with Crippen LogP contribution in [0.5, 0.6) is 0 Å². The van der Waals surface area contributed by atoms with E-state index in [0.717, 1.165) is 5.56 Å². The van der Waals surface area contributed by atoms with Crippen molar-refractivity contribution in [2.45, 2.75) is 51.4 Å². The number of benzene rings is 1. The largest absolute Gasteiger partial charge is 0.210 e. The van der Waals surface area contributed by atoms with Gasteiger partial charge in [-0.05, 0) is 0 Å². The van der Waals surface area contributed by atoms with Gasteiger partial charge in [0.15, 0.2) is 0 Å². The second-order valence-electron chi connectivity index (χ2n) is 7.41. The van der Waals surface area contributed by atoms with Crippen molar-refractivity contribution in [1.82, 2.24) is 0 Å². The molecule has 0 spiro atoms. The molecule has 0 saturated heterocycles. The van der Waals surface area contributed by atoms with Crippen LogP contribution in [-0.2, 0) is 44.3 Å². The monoisotopic (exact) mass is 593 g/mol. The summed E-state index contributed by atoms with van der Waals surface area (Å²) in [6.45, 7) is 0. The number of aryl methyl sites for hydroxylation is 4. The van der Waals surface area contributed by atoms with Crippen molar-refractivity contribution >= 4 is 20.9 Å². The van der Waals surface area contributed by atoms with Crippen molar-refractivity contribution in [3.05, 3.63) is 102 Å². The smallest absolute Gasteiger partial charge is 0.0512 e. The van der Waals surface area contributed by atoms with E-state index in [9.17, 15) is 0 Å². The molecule has 0 radical (unpaired) electrons. The zero-order chi connectivity index (χ0) is 19.6. The molecule has 0 atom stereocenters. The van der Waals surface area contributed by atoms with Gasteiger partial charge in [0.25, 0.3) is 0 Å². The van der Waals surface area contributed by atoms with Gasteiger partial charge in [-0.15, -0.1) is 0 Å². The summed E-state index contributed by atoms with van der Waals surface area (Å²) in [5, 5.41) is 0. The Bertz CT molecular complexity index is 766. The fraction of sp³-hybridized carbons (Fsp3) is 0.308. The Labute approximate surface area is 191 Å². The van der Waals surface area contributed by atoms with Crippen LogP contribution in [0, 0.1) is 7.43 Å². The molecular formula is C26H31Cl2Hf-3. The Kier molecular flexibility index (Phi) is 11.4. The van der Waals surface area contributed by atoms with Gasteiger partial charge in [-0.2, -0.15) is 46.5 Å². The molecule has 0 saturated carbocycles. The molecule has 0 aliphatic heterocycles. The third-order valence-electron chi connectivity index (χ3n) is 5.37. The predicted octanol–water partition coefficient (Wildman–Crippen LogP) is 7.78. The summed E-state index contributed by atoms with van der Waals surface area (Å²) in [5.74, 6) is 0. The molecule has 0 fully saturated rings. The summed E-state index contributed by atoms with van der Waals surface area (Å²) in [6.07, 6.45) is 10.9. The van der Waals surface area contributed by atoms with Gasteiger partial charge < -0.3 is 7.43 Å². The van der Waals surface area contributed by atoms with Gasteiger partial charge in [0, 0.05) is 0 Å². The molecule has 156 valence electrons. The SMILES string of the molecule is [CH3-].[Cl][Hf]([Cl])=[CH]c1ccccc1.c1cc2c([cH-]1)CCCC2.c1cc2c([cH-]1)CCCC2. The van der Waals surface area contributed by atoms with Gasteiger partial charge in [0.1, 0.15) is 0 Å². The average molecular weight is 593 g/mol. The molecular weight excluding hydrogens is 562 g/mol. The van der Waals surface area contributed by atoms with Crippen LogP contribution in [0.3, 0.4) is 0 Å². The number of fused-ring (bicyclic) bond motifs is 2. The summed E-state index contributed by atoms with van der Waals surface area (Å²) in [5.41, 5.74) is 7.54. The standard InChI is InChI=1S/2C9H11.C7H6.CH3.2ClH.Hf/c2*1-2-5-9-7-3-6-8(9)4-1;1-7-5-3-2-4-6-7;;;;/h2*3,6-7H,1-2,4-5H2;1-6H;1H3;2*1H;/q2*-1;;-1;;;+2/p-2. The topological polar surface area (TPSA) is 0 Å². The maximum Gasteiger partial charge on any atom is -0.0512 e. The quantitative estimate of drug-likeness (QED) is 0.200. The Morgan fingerprint density at radius 1 is 0.690 bits per heavy atom. The van der Waals surface area contributed by atoms with Gasteiger partial charge in [-0.3, -0.25) is 0 Å². The van der Waals surface area contributed by atoms with Gasteiger partial charge in [0.05, 0.1) is 0 Å². The van der Waals surface area contributed by atoms with Crippen molar-refractivity contribution in [3.8, 4) is 0 Å². The zero-order valence-corrected chi connectivity index (χ0v) is 22.4. The molecule has 2 aliphatic rings. The maximum atomic E-state index is 5.74. The molecule has 3 heteroatoms. The molecule has 3 aromatic rings. The van der Waals surface area contributed by atoms with Crippen LogP contribution < -0.4 is 0 Å². The normalized spacial score (nSPS) is 13.9. The summed E-state index contributed by atoms with van der Waals surface area (Å²) in [7, 11) is 11.5. The third-order valence-corrected chi connectivity index (χ3v) is 9.14. The first-order valence-corrected chi connectivity index (χ1v) is 21.2. The molecule has 5 rings (SSSR count). The molecule has 0 nitrogen and oxygen atoms in total. The molecule has 3 aromatic carbocycles. The number of hydrogen-bond acceptors (Lipinski definition) is 0. The number of hydrogen-bond donors (Lipinski definition) is 0. The summed E-state index contributed by atoms with van der Waals surface area (Å²) < 4.78 is 1.99. The van der Waals surface area contributed by atoms with Gasteiger partial charge in [0.2, 0.25) is 0 Å². The molecule has 0 N–H and O–H groups in total. The fourth-order valence-corrected chi connectivity index (χ4v) is 7.56. The molecule has 0 heterocycles. The molecule has 2 aliphatic carbocycles. The number of halogens is 2. The van der Waals surface area contributed by atoms with E-state index >= 15 is 0 Å². The molecule has 0 unspecified atom stereocenters. The Morgan fingerprint density at radius 2 is 1.17 bits per heavy atom. The minimum absolute atomic E-state index is 0. The van der Waals surface area contributed by atoms with Crippen LogP contribution in [0.1, 0.15) is 53.5 Å². The van der Waals surface area contributed by atoms with Crippen molar-refractivity contribution in [2.24, 2.45) is 0 Å². The Hall–Kier alpha value is -0.760. The minimum atomic E-state index is -2.20.